The van der Waals surface area contributed by atoms with E-state index >= 15 is 0 Å². The van der Waals surface area contributed by atoms with Crippen LogP contribution in [0.2, 0.25) is 0 Å². The first-order chi connectivity index (χ1) is 10.5. The van der Waals surface area contributed by atoms with Crippen molar-refractivity contribution in [2.75, 3.05) is 7.05 Å². The maximum absolute atomic E-state index is 12.9. The second-order valence-corrected chi connectivity index (χ2v) is 8.40. The predicted octanol–water partition coefficient (Wildman–Crippen LogP) is 4.14. The molecule has 4 aliphatic rings. The van der Waals surface area contributed by atoms with E-state index in [1.807, 2.05) is 24.2 Å². The zero-order valence-electron chi connectivity index (χ0n) is 13.8. The van der Waals surface area contributed by atoms with E-state index in [-0.39, 0.29) is 6.04 Å². The van der Waals surface area contributed by atoms with Crippen LogP contribution in [0, 0.1) is 23.2 Å². The molecule has 4 fully saturated rings. The highest BCUT2D eigenvalue weighted by Gasteiger charge is 2.51. The van der Waals surface area contributed by atoms with E-state index in [9.17, 15) is 4.79 Å². The molecule has 1 unspecified atom stereocenters. The Kier molecular flexibility index (Phi) is 3.35. The lowest BCUT2D eigenvalue weighted by Crippen LogP contribution is -2.48. The molecule has 0 spiro atoms. The number of rotatable bonds is 4. The molecule has 0 saturated heterocycles. The lowest BCUT2D eigenvalue weighted by Gasteiger charge is -2.57. The van der Waals surface area contributed by atoms with Crippen molar-refractivity contribution in [3.05, 3.63) is 24.0 Å². The summed E-state index contributed by atoms with van der Waals surface area (Å²) in [5.41, 5.74) is 1.47. The first kappa shape index (κ1) is 14.3. The number of aromatic nitrogens is 1. The fourth-order valence-electron chi connectivity index (χ4n) is 5.98. The molecule has 1 N–H and O–H groups in total. The van der Waals surface area contributed by atoms with Gasteiger partial charge < -0.3 is 9.88 Å². The van der Waals surface area contributed by atoms with Gasteiger partial charge >= 0.3 is 0 Å². The highest BCUT2D eigenvalue weighted by atomic mass is 16.2. The standard InChI is InChI=1S/C19H28N2O/c1-13(17-4-3-5-20-17)21(2)18(22)12-19-9-14-6-15(10-19)8-16(7-14)11-19/h3-5,13-16,20H,6-12H2,1-2H3. The molecule has 3 nitrogen and oxygen atoms in total. The maximum Gasteiger partial charge on any atom is 0.223 e. The van der Waals surface area contributed by atoms with Gasteiger partial charge in [-0.3, -0.25) is 4.79 Å². The number of nitrogens with one attached hydrogen (secondary N) is 1. The van der Waals surface area contributed by atoms with Crippen LogP contribution < -0.4 is 0 Å². The first-order valence-electron chi connectivity index (χ1n) is 8.94. The molecule has 120 valence electrons. The lowest BCUT2D eigenvalue weighted by molar-refractivity contribution is -0.140. The Morgan fingerprint density at radius 2 is 1.86 bits per heavy atom. The highest BCUT2D eigenvalue weighted by molar-refractivity contribution is 5.77. The van der Waals surface area contributed by atoms with Gasteiger partial charge in [0.2, 0.25) is 5.91 Å². The average Bonchev–Trinajstić information content (AvgIpc) is 2.97. The molecule has 0 aromatic carbocycles. The molecular formula is C19H28N2O. The number of amides is 1. The zero-order valence-corrected chi connectivity index (χ0v) is 13.8. The third-order valence-electron chi connectivity index (χ3n) is 6.74. The number of aromatic amines is 1. The predicted molar refractivity (Wildman–Crippen MR) is 87.2 cm³/mol. The number of carbonyl (C=O) groups excluding carboxylic acids is 1. The summed E-state index contributed by atoms with van der Waals surface area (Å²) in [6.45, 7) is 2.11. The molecule has 0 aliphatic heterocycles. The Labute approximate surface area is 133 Å². The summed E-state index contributed by atoms with van der Waals surface area (Å²) in [5, 5.41) is 0. The minimum atomic E-state index is 0.136. The van der Waals surface area contributed by atoms with Crippen molar-refractivity contribution in [3.8, 4) is 0 Å². The SMILES string of the molecule is CC(c1ccc[nH]1)N(C)C(=O)CC12CC3CC(CC(C3)C1)C2. The number of H-pyrrole nitrogens is 1. The number of carbonyl (C=O) groups is 1. The van der Waals surface area contributed by atoms with Gasteiger partial charge in [0.1, 0.15) is 0 Å². The molecule has 1 aromatic rings. The summed E-state index contributed by atoms with van der Waals surface area (Å²) in [5.74, 6) is 3.10. The van der Waals surface area contributed by atoms with Crippen LogP contribution in [0.15, 0.2) is 18.3 Å². The van der Waals surface area contributed by atoms with Crippen molar-refractivity contribution in [3.63, 3.8) is 0 Å². The van der Waals surface area contributed by atoms with Gasteiger partial charge in [-0.05, 0) is 80.8 Å². The van der Waals surface area contributed by atoms with E-state index < -0.39 is 0 Å². The number of hydrogen-bond acceptors (Lipinski definition) is 1. The molecule has 1 amide bonds. The third-order valence-corrected chi connectivity index (χ3v) is 6.74. The zero-order chi connectivity index (χ0) is 15.3. The quantitative estimate of drug-likeness (QED) is 0.891. The van der Waals surface area contributed by atoms with Crippen LogP contribution in [0.5, 0.6) is 0 Å². The van der Waals surface area contributed by atoms with Crippen molar-refractivity contribution in [1.29, 1.82) is 0 Å². The normalized spacial score (nSPS) is 37.3. The summed E-state index contributed by atoms with van der Waals surface area (Å²) >= 11 is 0. The van der Waals surface area contributed by atoms with Crippen LogP contribution in [0.25, 0.3) is 0 Å². The molecule has 22 heavy (non-hydrogen) atoms. The van der Waals surface area contributed by atoms with Crippen LogP contribution >= 0.6 is 0 Å². The first-order valence-corrected chi connectivity index (χ1v) is 8.94. The topological polar surface area (TPSA) is 36.1 Å². The van der Waals surface area contributed by atoms with Gasteiger partial charge in [-0.15, -0.1) is 0 Å². The molecule has 1 aromatic heterocycles. The largest absolute Gasteiger partial charge is 0.363 e. The molecule has 4 bridgehead atoms. The van der Waals surface area contributed by atoms with Gasteiger partial charge in [0, 0.05) is 25.4 Å². The fourth-order valence-corrected chi connectivity index (χ4v) is 5.98. The Morgan fingerprint density at radius 1 is 1.27 bits per heavy atom. The van der Waals surface area contributed by atoms with Gasteiger partial charge in [-0.25, -0.2) is 0 Å². The Hall–Kier alpha value is -1.25. The minimum absolute atomic E-state index is 0.136. The van der Waals surface area contributed by atoms with Gasteiger partial charge in [0.05, 0.1) is 6.04 Å². The second kappa shape index (κ2) is 5.14. The van der Waals surface area contributed by atoms with E-state index in [1.54, 1.807) is 0 Å². The second-order valence-electron chi connectivity index (χ2n) is 8.40. The maximum atomic E-state index is 12.9. The van der Waals surface area contributed by atoms with Crippen LogP contribution in [-0.4, -0.2) is 22.8 Å². The van der Waals surface area contributed by atoms with E-state index in [1.165, 1.54) is 38.5 Å². The number of hydrogen-bond donors (Lipinski definition) is 1. The Balaban J connectivity index is 1.45. The van der Waals surface area contributed by atoms with Crippen molar-refractivity contribution in [1.82, 2.24) is 9.88 Å². The van der Waals surface area contributed by atoms with Crippen LogP contribution in [0.1, 0.15) is 63.6 Å². The van der Waals surface area contributed by atoms with Crippen LogP contribution in [0.3, 0.4) is 0 Å². The van der Waals surface area contributed by atoms with Crippen molar-refractivity contribution >= 4 is 5.91 Å². The van der Waals surface area contributed by atoms with Crippen molar-refractivity contribution < 1.29 is 4.79 Å². The third kappa shape index (κ3) is 2.39. The van der Waals surface area contributed by atoms with E-state index in [4.69, 9.17) is 0 Å². The Bertz CT molecular complexity index is 513. The van der Waals surface area contributed by atoms with Gasteiger partial charge in [0.25, 0.3) is 0 Å². The molecule has 0 radical (unpaired) electrons. The van der Waals surface area contributed by atoms with E-state index in [0.717, 1.165) is 29.9 Å². The van der Waals surface area contributed by atoms with Gasteiger partial charge in [-0.1, -0.05) is 0 Å². The Morgan fingerprint density at radius 3 is 2.36 bits per heavy atom. The number of nitrogens with zero attached hydrogens (tertiary/aromatic N) is 1. The smallest absolute Gasteiger partial charge is 0.223 e. The summed E-state index contributed by atoms with van der Waals surface area (Å²) in [6.07, 6.45) is 11.0. The van der Waals surface area contributed by atoms with Crippen LogP contribution in [0.4, 0.5) is 0 Å². The van der Waals surface area contributed by atoms with Crippen molar-refractivity contribution in [2.24, 2.45) is 23.2 Å². The van der Waals surface area contributed by atoms with Gasteiger partial charge in [0.15, 0.2) is 0 Å². The summed E-state index contributed by atoms with van der Waals surface area (Å²) in [7, 11) is 1.97. The molecule has 4 saturated carbocycles. The highest BCUT2D eigenvalue weighted by Crippen LogP contribution is 2.61. The lowest BCUT2D eigenvalue weighted by atomic mass is 9.49. The van der Waals surface area contributed by atoms with Crippen molar-refractivity contribution in [2.45, 2.75) is 57.9 Å². The molecular weight excluding hydrogens is 272 g/mol. The van der Waals surface area contributed by atoms with E-state index in [2.05, 4.69) is 18.0 Å². The summed E-state index contributed by atoms with van der Waals surface area (Å²) < 4.78 is 0. The molecule has 1 atom stereocenters. The monoisotopic (exact) mass is 300 g/mol. The van der Waals surface area contributed by atoms with Crippen LogP contribution in [-0.2, 0) is 4.79 Å². The molecule has 1 heterocycles. The molecule has 3 heteroatoms. The summed E-state index contributed by atoms with van der Waals surface area (Å²) in [4.78, 5) is 18.1. The minimum Gasteiger partial charge on any atom is -0.363 e. The summed E-state index contributed by atoms with van der Waals surface area (Å²) in [6, 6.07) is 4.21. The van der Waals surface area contributed by atoms with E-state index in [0.29, 0.717) is 11.3 Å². The fraction of sp³-hybridized carbons (Fsp3) is 0.737. The molecule has 4 aliphatic carbocycles. The average molecular weight is 300 g/mol. The van der Waals surface area contributed by atoms with Gasteiger partial charge in [-0.2, -0.15) is 0 Å². The molecule has 5 rings (SSSR count).